The Balaban J connectivity index is 1.61. The Bertz CT molecular complexity index is 1130. The standard InChI is InChI=1S/C28H40N2O5S/c1-15-8-7-11-28(6)23(35-28)13-19(18-9-10-21-20(12-18)29-17(3)36-21)30-24(32)14-22(31)27(4,5)26(34)16(2)25(15)33/h9-10,12,15-16,19,22-23,25,31,33H,7-8,11,13-14H2,1-6H3,(H,30,32)/t15-,16+,19-,22-,23-,25-,28+/m0/s1. The van der Waals surface area contributed by atoms with Gasteiger partial charge in [0.25, 0.3) is 0 Å². The molecule has 1 aromatic carbocycles. The van der Waals surface area contributed by atoms with E-state index in [9.17, 15) is 19.8 Å². The van der Waals surface area contributed by atoms with Crippen LogP contribution in [0.1, 0.15) is 83.3 Å². The van der Waals surface area contributed by atoms with Gasteiger partial charge in [0.05, 0.1) is 57.0 Å². The summed E-state index contributed by atoms with van der Waals surface area (Å²) < 4.78 is 7.23. The van der Waals surface area contributed by atoms with Crippen molar-refractivity contribution in [3.05, 3.63) is 28.8 Å². The van der Waals surface area contributed by atoms with Gasteiger partial charge in [-0.1, -0.05) is 40.2 Å². The molecule has 4 rings (SSSR count). The molecule has 1 aromatic heterocycles. The summed E-state index contributed by atoms with van der Waals surface area (Å²) >= 11 is 1.64. The normalized spacial score (nSPS) is 36.3. The van der Waals surface area contributed by atoms with Crippen molar-refractivity contribution in [1.82, 2.24) is 10.3 Å². The highest BCUT2D eigenvalue weighted by Crippen LogP contribution is 2.46. The molecule has 0 aliphatic carbocycles. The van der Waals surface area contributed by atoms with Gasteiger partial charge in [-0.15, -0.1) is 11.3 Å². The molecule has 8 heteroatoms. The molecule has 2 aliphatic rings. The number of benzene rings is 1. The Morgan fingerprint density at radius 1 is 1.17 bits per heavy atom. The second kappa shape index (κ2) is 10.1. The van der Waals surface area contributed by atoms with Crippen LogP contribution in [0.2, 0.25) is 0 Å². The maximum absolute atomic E-state index is 13.3. The van der Waals surface area contributed by atoms with Crippen molar-refractivity contribution < 1.29 is 24.5 Å². The number of amides is 1. The molecule has 0 bridgehead atoms. The summed E-state index contributed by atoms with van der Waals surface area (Å²) in [5, 5.41) is 25.9. The highest BCUT2D eigenvalue weighted by molar-refractivity contribution is 7.18. The molecule has 36 heavy (non-hydrogen) atoms. The molecule has 7 atom stereocenters. The number of epoxide rings is 1. The second-order valence-electron chi connectivity index (χ2n) is 11.7. The van der Waals surface area contributed by atoms with Gasteiger partial charge in [-0.3, -0.25) is 9.59 Å². The quantitative estimate of drug-likeness (QED) is 0.482. The van der Waals surface area contributed by atoms with E-state index in [4.69, 9.17) is 4.74 Å². The van der Waals surface area contributed by atoms with Gasteiger partial charge in [0.2, 0.25) is 5.91 Å². The Morgan fingerprint density at radius 3 is 2.61 bits per heavy atom. The highest BCUT2D eigenvalue weighted by Gasteiger charge is 2.52. The number of aliphatic hydroxyl groups is 2. The van der Waals surface area contributed by atoms with Crippen LogP contribution in [0.3, 0.4) is 0 Å². The summed E-state index contributed by atoms with van der Waals surface area (Å²) in [5.74, 6) is -1.25. The van der Waals surface area contributed by atoms with E-state index in [1.54, 1.807) is 32.1 Å². The molecule has 7 nitrogen and oxygen atoms in total. The Labute approximate surface area is 217 Å². The first-order valence-corrected chi connectivity index (χ1v) is 13.9. The predicted octanol–water partition coefficient (Wildman–Crippen LogP) is 4.47. The lowest BCUT2D eigenvalue weighted by atomic mass is 9.72. The maximum Gasteiger partial charge on any atom is 0.223 e. The average Bonchev–Trinajstić information content (AvgIpc) is 3.28. The van der Waals surface area contributed by atoms with Crippen LogP contribution in [0, 0.1) is 24.2 Å². The molecule has 3 heterocycles. The van der Waals surface area contributed by atoms with Gasteiger partial charge in [-0.05, 0) is 50.3 Å². The molecule has 3 N–H and O–H groups in total. The van der Waals surface area contributed by atoms with Gasteiger partial charge in [-0.2, -0.15) is 0 Å². The summed E-state index contributed by atoms with van der Waals surface area (Å²) in [6, 6.07) is 5.79. The van der Waals surface area contributed by atoms with E-state index < -0.39 is 23.5 Å². The number of fused-ring (bicyclic) bond motifs is 2. The van der Waals surface area contributed by atoms with E-state index in [1.165, 1.54) is 0 Å². The Kier molecular flexibility index (Phi) is 7.64. The van der Waals surface area contributed by atoms with Gasteiger partial charge < -0.3 is 20.3 Å². The van der Waals surface area contributed by atoms with Crippen LogP contribution in [0.25, 0.3) is 10.2 Å². The van der Waals surface area contributed by atoms with E-state index in [2.05, 4.69) is 17.2 Å². The van der Waals surface area contributed by atoms with E-state index in [0.717, 1.165) is 40.1 Å². The van der Waals surface area contributed by atoms with Crippen LogP contribution in [-0.4, -0.2) is 50.8 Å². The largest absolute Gasteiger partial charge is 0.392 e. The summed E-state index contributed by atoms with van der Waals surface area (Å²) in [4.78, 5) is 31.0. The zero-order chi connectivity index (χ0) is 26.4. The number of hydrogen-bond donors (Lipinski definition) is 3. The third-order valence-corrected chi connectivity index (χ3v) is 9.38. The van der Waals surface area contributed by atoms with Crippen LogP contribution in [0.15, 0.2) is 18.2 Å². The van der Waals surface area contributed by atoms with Crippen molar-refractivity contribution in [3.63, 3.8) is 0 Å². The van der Waals surface area contributed by atoms with Gasteiger partial charge in [0.15, 0.2) is 0 Å². The van der Waals surface area contributed by atoms with Crippen molar-refractivity contribution >= 4 is 33.2 Å². The number of ether oxygens (including phenoxy) is 1. The number of carbonyl (C=O) groups is 2. The summed E-state index contributed by atoms with van der Waals surface area (Å²) in [6.07, 6.45) is 0.959. The fourth-order valence-corrected chi connectivity index (χ4v) is 6.41. The molecule has 1 amide bonds. The number of ketones is 1. The number of nitrogens with one attached hydrogen (secondary N) is 1. The van der Waals surface area contributed by atoms with Crippen molar-refractivity contribution in [3.8, 4) is 0 Å². The molecule has 2 saturated heterocycles. The van der Waals surface area contributed by atoms with Crippen LogP contribution in [0.5, 0.6) is 0 Å². The van der Waals surface area contributed by atoms with E-state index >= 15 is 0 Å². The fraction of sp³-hybridized carbons (Fsp3) is 0.679. The van der Waals surface area contributed by atoms with Gasteiger partial charge in [-0.25, -0.2) is 4.98 Å². The Morgan fingerprint density at radius 2 is 1.89 bits per heavy atom. The molecular formula is C28H40N2O5S. The first-order valence-electron chi connectivity index (χ1n) is 13.1. The topological polar surface area (TPSA) is 112 Å². The number of carbonyl (C=O) groups excluding carboxylic acids is 2. The monoisotopic (exact) mass is 516 g/mol. The van der Waals surface area contributed by atoms with Gasteiger partial charge >= 0.3 is 0 Å². The molecule has 198 valence electrons. The lowest BCUT2D eigenvalue weighted by Gasteiger charge is -2.34. The molecule has 2 aliphatic heterocycles. The lowest BCUT2D eigenvalue weighted by Crippen LogP contribution is -2.46. The van der Waals surface area contributed by atoms with Crippen molar-refractivity contribution in [2.24, 2.45) is 17.3 Å². The van der Waals surface area contributed by atoms with Crippen molar-refractivity contribution in [2.45, 2.75) is 104 Å². The number of aliphatic hydroxyl groups excluding tert-OH is 2. The van der Waals surface area contributed by atoms with E-state index in [-0.39, 0.29) is 41.8 Å². The number of thiazole rings is 1. The smallest absolute Gasteiger partial charge is 0.223 e. The molecule has 0 radical (unpaired) electrons. The third-order valence-electron chi connectivity index (χ3n) is 8.43. The number of hydrogen-bond acceptors (Lipinski definition) is 7. The van der Waals surface area contributed by atoms with Crippen molar-refractivity contribution in [1.29, 1.82) is 0 Å². The zero-order valence-corrected chi connectivity index (χ0v) is 23.0. The van der Waals surface area contributed by atoms with Crippen molar-refractivity contribution in [2.75, 3.05) is 0 Å². The average molecular weight is 517 g/mol. The van der Waals surface area contributed by atoms with Crippen LogP contribution in [0.4, 0.5) is 0 Å². The minimum atomic E-state index is -1.17. The van der Waals surface area contributed by atoms with Gasteiger partial charge in [0.1, 0.15) is 5.78 Å². The molecule has 2 fully saturated rings. The molecule has 0 spiro atoms. The Hall–Kier alpha value is -1.87. The predicted molar refractivity (Wildman–Crippen MR) is 141 cm³/mol. The minimum Gasteiger partial charge on any atom is -0.392 e. The fourth-order valence-electron chi connectivity index (χ4n) is 5.61. The number of aromatic nitrogens is 1. The zero-order valence-electron chi connectivity index (χ0n) is 22.2. The summed E-state index contributed by atoms with van der Waals surface area (Å²) in [5.41, 5.74) is 0.424. The lowest BCUT2D eigenvalue weighted by molar-refractivity contribution is -0.143. The maximum atomic E-state index is 13.3. The second-order valence-corrected chi connectivity index (χ2v) is 12.9. The molecule has 0 saturated carbocycles. The molecule has 0 unspecified atom stereocenters. The number of Topliss-reactive ketones (excluding diaryl/α,β-unsaturated/α-hetero) is 1. The first kappa shape index (κ1) is 27.2. The molecular weight excluding hydrogens is 476 g/mol. The summed E-state index contributed by atoms with van der Waals surface area (Å²) in [7, 11) is 0. The van der Waals surface area contributed by atoms with Crippen LogP contribution < -0.4 is 5.32 Å². The van der Waals surface area contributed by atoms with Gasteiger partial charge in [0, 0.05) is 12.3 Å². The SMILES string of the molecule is Cc1nc2cc([C@@H]3C[C@@H]4O[C@]4(C)CCC[C@H](C)[C@H](O)[C@@H](C)C(=O)C(C)(C)[C@@H](O)CC(=O)N3)ccc2s1. The molecule has 2 aromatic rings. The van der Waals surface area contributed by atoms with Crippen LogP contribution >= 0.6 is 11.3 Å². The van der Waals surface area contributed by atoms with Crippen LogP contribution in [-0.2, 0) is 14.3 Å². The number of nitrogens with zero attached hydrogens (tertiary/aromatic N) is 1. The highest BCUT2D eigenvalue weighted by atomic mass is 32.1. The third kappa shape index (κ3) is 5.52. The first-order chi connectivity index (χ1) is 16.8. The summed E-state index contributed by atoms with van der Waals surface area (Å²) in [6.45, 7) is 11.1. The number of aryl methyl sites for hydroxylation is 1. The van der Waals surface area contributed by atoms with E-state index in [0.29, 0.717) is 6.42 Å². The minimum absolute atomic E-state index is 0.00525. The number of rotatable bonds is 1. The van der Waals surface area contributed by atoms with E-state index in [1.807, 2.05) is 32.0 Å².